The third kappa shape index (κ3) is 2.74. The van der Waals surface area contributed by atoms with Crippen molar-refractivity contribution in [1.29, 1.82) is 0 Å². The molecule has 100 valence electrons. The molecular formula is C15H19N3O. The maximum Gasteiger partial charge on any atom is 0.241 e. The van der Waals surface area contributed by atoms with Crippen LogP contribution in [-0.4, -0.2) is 16.9 Å². The minimum Gasteiger partial charge on any atom is -0.324 e. The van der Waals surface area contributed by atoms with E-state index in [2.05, 4.69) is 10.3 Å². The molecule has 0 radical (unpaired) electrons. The molecule has 0 fully saturated rings. The number of anilines is 1. The highest BCUT2D eigenvalue weighted by Crippen LogP contribution is 2.24. The molecule has 1 atom stereocenters. The molecule has 3 N–H and O–H groups in total. The number of hydrogen-bond donors (Lipinski definition) is 2. The van der Waals surface area contributed by atoms with Crippen LogP contribution in [0.5, 0.6) is 0 Å². The maximum atomic E-state index is 12.0. The van der Waals surface area contributed by atoms with E-state index in [1.165, 1.54) is 0 Å². The largest absolute Gasteiger partial charge is 0.324 e. The first-order valence-corrected chi connectivity index (χ1v) is 6.41. The van der Waals surface area contributed by atoms with Crippen LogP contribution in [0.4, 0.5) is 5.69 Å². The second-order valence-electron chi connectivity index (χ2n) is 5.09. The number of aromatic nitrogens is 1. The number of pyridine rings is 1. The average Bonchev–Trinajstić information content (AvgIpc) is 2.41. The van der Waals surface area contributed by atoms with Crippen LogP contribution in [0.25, 0.3) is 10.9 Å². The van der Waals surface area contributed by atoms with Gasteiger partial charge in [-0.3, -0.25) is 9.78 Å². The standard InChI is InChI=1S/C15H19N3O/c1-9(2)13(16)15(19)18-12-7-6-10(3)14-11(12)5-4-8-17-14/h4-9,13H,16H2,1-3H3,(H,18,19). The van der Waals surface area contributed by atoms with Crippen LogP contribution in [0.3, 0.4) is 0 Å². The zero-order chi connectivity index (χ0) is 14.0. The number of carbonyl (C=O) groups is 1. The number of nitrogens with zero attached hydrogens (tertiary/aromatic N) is 1. The molecule has 0 saturated heterocycles. The van der Waals surface area contributed by atoms with Gasteiger partial charge in [0.1, 0.15) is 0 Å². The predicted octanol–water partition coefficient (Wildman–Crippen LogP) is 2.47. The molecular weight excluding hydrogens is 238 g/mol. The van der Waals surface area contributed by atoms with Gasteiger partial charge in [-0.2, -0.15) is 0 Å². The summed E-state index contributed by atoms with van der Waals surface area (Å²) >= 11 is 0. The lowest BCUT2D eigenvalue weighted by atomic mass is 10.0. The lowest BCUT2D eigenvalue weighted by Crippen LogP contribution is -2.39. The Kier molecular flexibility index (Phi) is 3.81. The molecule has 19 heavy (non-hydrogen) atoms. The molecule has 2 rings (SSSR count). The Hall–Kier alpha value is -1.94. The summed E-state index contributed by atoms with van der Waals surface area (Å²) in [6, 6.07) is 7.15. The molecule has 1 heterocycles. The Balaban J connectivity index is 2.36. The van der Waals surface area contributed by atoms with Crippen molar-refractivity contribution in [2.45, 2.75) is 26.8 Å². The second kappa shape index (κ2) is 5.36. The van der Waals surface area contributed by atoms with E-state index in [1.54, 1.807) is 6.20 Å². The van der Waals surface area contributed by atoms with Crippen molar-refractivity contribution in [3.05, 3.63) is 36.0 Å². The first kappa shape index (κ1) is 13.5. The second-order valence-corrected chi connectivity index (χ2v) is 5.09. The van der Waals surface area contributed by atoms with Gasteiger partial charge in [0.25, 0.3) is 0 Å². The Bertz CT molecular complexity index is 607. The van der Waals surface area contributed by atoms with Crippen LogP contribution in [-0.2, 0) is 4.79 Å². The van der Waals surface area contributed by atoms with Crippen LogP contribution < -0.4 is 11.1 Å². The van der Waals surface area contributed by atoms with Gasteiger partial charge in [0, 0.05) is 11.6 Å². The zero-order valence-corrected chi connectivity index (χ0v) is 11.5. The number of carbonyl (C=O) groups excluding carboxylic acids is 1. The molecule has 1 unspecified atom stereocenters. The number of aryl methyl sites for hydroxylation is 1. The molecule has 1 aromatic heterocycles. The Morgan fingerprint density at radius 3 is 2.74 bits per heavy atom. The summed E-state index contributed by atoms with van der Waals surface area (Å²) in [6.45, 7) is 5.86. The monoisotopic (exact) mass is 257 g/mol. The number of nitrogens with two attached hydrogens (primary N) is 1. The molecule has 1 aromatic carbocycles. The van der Waals surface area contributed by atoms with Gasteiger partial charge in [0.05, 0.1) is 17.2 Å². The quantitative estimate of drug-likeness (QED) is 0.887. The van der Waals surface area contributed by atoms with Crippen LogP contribution in [0, 0.1) is 12.8 Å². The highest BCUT2D eigenvalue weighted by Gasteiger charge is 2.18. The number of benzene rings is 1. The molecule has 1 amide bonds. The molecule has 2 aromatic rings. The number of amides is 1. The van der Waals surface area contributed by atoms with E-state index < -0.39 is 6.04 Å². The summed E-state index contributed by atoms with van der Waals surface area (Å²) in [5, 5.41) is 3.83. The van der Waals surface area contributed by atoms with E-state index in [0.29, 0.717) is 0 Å². The minimum atomic E-state index is -0.506. The molecule has 0 saturated carbocycles. The van der Waals surface area contributed by atoms with E-state index in [4.69, 9.17) is 5.73 Å². The van der Waals surface area contributed by atoms with Crippen molar-refractivity contribution >= 4 is 22.5 Å². The smallest absolute Gasteiger partial charge is 0.241 e. The molecule has 0 aliphatic carbocycles. The highest BCUT2D eigenvalue weighted by molar-refractivity contribution is 6.03. The summed E-state index contributed by atoms with van der Waals surface area (Å²) in [5.41, 5.74) is 8.60. The van der Waals surface area contributed by atoms with E-state index in [9.17, 15) is 4.79 Å². The first-order chi connectivity index (χ1) is 9.00. The van der Waals surface area contributed by atoms with Gasteiger partial charge < -0.3 is 11.1 Å². The summed E-state index contributed by atoms with van der Waals surface area (Å²) in [6.07, 6.45) is 1.75. The van der Waals surface area contributed by atoms with Crippen molar-refractivity contribution in [2.75, 3.05) is 5.32 Å². The average molecular weight is 257 g/mol. The number of hydrogen-bond acceptors (Lipinski definition) is 3. The fourth-order valence-corrected chi connectivity index (χ4v) is 1.94. The summed E-state index contributed by atoms with van der Waals surface area (Å²) < 4.78 is 0. The van der Waals surface area contributed by atoms with Gasteiger partial charge in [-0.05, 0) is 36.6 Å². The molecule has 4 heteroatoms. The minimum absolute atomic E-state index is 0.106. The topological polar surface area (TPSA) is 68.0 Å². The van der Waals surface area contributed by atoms with Crippen molar-refractivity contribution < 1.29 is 4.79 Å². The normalized spacial score (nSPS) is 12.7. The van der Waals surface area contributed by atoms with Crippen LogP contribution >= 0.6 is 0 Å². The fourth-order valence-electron chi connectivity index (χ4n) is 1.94. The molecule has 0 spiro atoms. The summed E-state index contributed by atoms with van der Waals surface area (Å²) in [5.74, 6) is -0.0566. The highest BCUT2D eigenvalue weighted by atomic mass is 16.2. The molecule has 4 nitrogen and oxygen atoms in total. The third-order valence-electron chi connectivity index (χ3n) is 3.25. The van der Waals surface area contributed by atoms with Crippen molar-refractivity contribution in [2.24, 2.45) is 11.7 Å². The van der Waals surface area contributed by atoms with Crippen molar-refractivity contribution in [3.8, 4) is 0 Å². The molecule has 0 aliphatic heterocycles. The third-order valence-corrected chi connectivity index (χ3v) is 3.25. The maximum absolute atomic E-state index is 12.0. The van der Waals surface area contributed by atoms with E-state index >= 15 is 0 Å². The van der Waals surface area contributed by atoms with Gasteiger partial charge >= 0.3 is 0 Å². The zero-order valence-electron chi connectivity index (χ0n) is 11.5. The van der Waals surface area contributed by atoms with Crippen LogP contribution in [0.15, 0.2) is 30.5 Å². The lowest BCUT2D eigenvalue weighted by Gasteiger charge is -2.16. The van der Waals surface area contributed by atoms with E-state index in [-0.39, 0.29) is 11.8 Å². The Morgan fingerprint density at radius 2 is 2.05 bits per heavy atom. The van der Waals surface area contributed by atoms with Gasteiger partial charge in [0.2, 0.25) is 5.91 Å². The van der Waals surface area contributed by atoms with Crippen molar-refractivity contribution in [3.63, 3.8) is 0 Å². The fraction of sp³-hybridized carbons (Fsp3) is 0.333. The predicted molar refractivity (Wildman–Crippen MR) is 77.9 cm³/mol. The molecule has 0 aliphatic rings. The van der Waals surface area contributed by atoms with Gasteiger partial charge in [-0.15, -0.1) is 0 Å². The molecule has 0 bridgehead atoms. The number of rotatable bonds is 3. The van der Waals surface area contributed by atoms with Gasteiger partial charge in [-0.25, -0.2) is 0 Å². The van der Waals surface area contributed by atoms with Gasteiger partial charge in [0.15, 0.2) is 0 Å². The van der Waals surface area contributed by atoms with Crippen LogP contribution in [0.1, 0.15) is 19.4 Å². The van der Waals surface area contributed by atoms with E-state index in [0.717, 1.165) is 22.2 Å². The lowest BCUT2D eigenvalue weighted by molar-refractivity contribution is -0.118. The van der Waals surface area contributed by atoms with Crippen LogP contribution in [0.2, 0.25) is 0 Å². The summed E-state index contributed by atoms with van der Waals surface area (Å²) in [7, 11) is 0. The summed E-state index contributed by atoms with van der Waals surface area (Å²) in [4.78, 5) is 16.4. The number of fused-ring (bicyclic) bond motifs is 1. The number of nitrogens with one attached hydrogen (secondary N) is 1. The van der Waals surface area contributed by atoms with Crippen molar-refractivity contribution in [1.82, 2.24) is 4.98 Å². The Morgan fingerprint density at radius 1 is 1.32 bits per heavy atom. The SMILES string of the molecule is Cc1ccc(NC(=O)C(N)C(C)C)c2cccnc12. The van der Waals surface area contributed by atoms with Gasteiger partial charge in [-0.1, -0.05) is 19.9 Å². The Labute approximate surface area is 113 Å². The first-order valence-electron chi connectivity index (χ1n) is 6.41. The van der Waals surface area contributed by atoms with E-state index in [1.807, 2.05) is 45.0 Å².